The summed E-state index contributed by atoms with van der Waals surface area (Å²) in [6.45, 7) is 0. The van der Waals surface area contributed by atoms with Gasteiger partial charge in [0.05, 0.1) is 16.8 Å². The van der Waals surface area contributed by atoms with E-state index in [1.807, 2.05) is 0 Å². The molecule has 13 rings (SSSR count). The number of hydrogen-bond donors (Lipinski definition) is 0. The van der Waals surface area contributed by atoms with Crippen molar-refractivity contribution in [3.8, 4) is 22.3 Å². The molecule has 0 fully saturated rings. The van der Waals surface area contributed by atoms with E-state index in [0.29, 0.717) is 0 Å². The molecule has 0 saturated heterocycles. The summed E-state index contributed by atoms with van der Waals surface area (Å²) in [7, 11) is -2.71. The summed E-state index contributed by atoms with van der Waals surface area (Å²) in [6.07, 6.45) is 0. The van der Waals surface area contributed by atoms with Crippen LogP contribution in [-0.2, 0) is 5.41 Å². The topological polar surface area (TPSA) is 6.48 Å². The largest absolute Gasteiger partial charge is 0.311 e. The predicted octanol–water partition coefficient (Wildman–Crippen LogP) is 14.3. The molecule has 2 aliphatic rings. The summed E-state index contributed by atoms with van der Waals surface area (Å²) in [6, 6.07) is 108. The van der Waals surface area contributed by atoms with E-state index in [4.69, 9.17) is 0 Å². The molecule has 2 nitrogen and oxygen atoms in total. The Labute approximate surface area is 411 Å². The zero-order valence-corrected chi connectivity index (χ0v) is 39.6. The third-order valence-electron chi connectivity index (χ3n) is 14.8. The molecule has 11 aromatic carbocycles. The van der Waals surface area contributed by atoms with E-state index in [1.54, 1.807) is 0 Å². The van der Waals surface area contributed by atoms with Gasteiger partial charge in [0, 0.05) is 22.7 Å². The molecule has 2 heterocycles. The van der Waals surface area contributed by atoms with E-state index in [-0.39, 0.29) is 0 Å². The van der Waals surface area contributed by atoms with E-state index >= 15 is 0 Å². The van der Waals surface area contributed by atoms with Crippen molar-refractivity contribution in [2.45, 2.75) is 5.41 Å². The number of para-hydroxylation sites is 4. The van der Waals surface area contributed by atoms with Crippen LogP contribution in [0.25, 0.3) is 22.3 Å². The Morgan fingerprint density at radius 2 is 0.586 bits per heavy atom. The second-order valence-corrected chi connectivity index (χ2v) is 22.1. The van der Waals surface area contributed by atoms with Crippen LogP contribution in [0.5, 0.6) is 0 Å². The van der Waals surface area contributed by atoms with Crippen molar-refractivity contribution in [1.29, 1.82) is 0 Å². The van der Waals surface area contributed by atoms with Gasteiger partial charge < -0.3 is 9.80 Å². The Kier molecular flexibility index (Phi) is 10.1. The van der Waals surface area contributed by atoms with Crippen LogP contribution in [0.2, 0.25) is 0 Å². The van der Waals surface area contributed by atoms with E-state index in [0.717, 1.165) is 16.9 Å². The molecule has 70 heavy (non-hydrogen) atoms. The highest BCUT2D eigenvalue weighted by Crippen LogP contribution is 2.57. The highest BCUT2D eigenvalue weighted by molar-refractivity contribution is 7.21. The highest BCUT2D eigenvalue weighted by atomic mass is 28.3. The van der Waals surface area contributed by atoms with Crippen LogP contribution in [0.4, 0.5) is 34.1 Å². The van der Waals surface area contributed by atoms with Crippen molar-refractivity contribution in [3.63, 3.8) is 0 Å². The summed E-state index contributed by atoms with van der Waals surface area (Å²) >= 11 is 0. The third-order valence-corrected chi connectivity index (χ3v) is 19.6. The van der Waals surface area contributed by atoms with E-state index < -0.39 is 13.5 Å². The first kappa shape index (κ1) is 41.4. The minimum absolute atomic E-state index is 0.514. The van der Waals surface area contributed by atoms with Crippen molar-refractivity contribution in [2.24, 2.45) is 0 Å². The van der Waals surface area contributed by atoms with Gasteiger partial charge in [-0.05, 0) is 120 Å². The van der Waals surface area contributed by atoms with Gasteiger partial charge in [-0.15, -0.1) is 0 Å². The number of benzene rings is 11. The molecule has 0 N–H and O–H groups in total. The van der Waals surface area contributed by atoms with Crippen molar-refractivity contribution >= 4 is 62.9 Å². The van der Waals surface area contributed by atoms with Crippen molar-refractivity contribution in [3.05, 3.63) is 313 Å². The zero-order valence-electron chi connectivity index (χ0n) is 38.6. The molecule has 0 bridgehead atoms. The maximum atomic E-state index is 2.50. The first-order chi connectivity index (χ1) is 34.7. The van der Waals surface area contributed by atoms with Crippen LogP contribution in [0, 0.1) is 0 Å². The van der Waals surface area contributed by atoms with Crippen LogP contribution < -0.4 is 30.5 Å². The van der Waals surface area contributed by atoms with Gasteiger partial charge in [-0.25, -0.2) is 0 Å². The molecule has 11 aromatic rings. The molecule has 0 spiro atoms. The third kappa shape index (κ3) is 6.40. The predicted molar refractivity (Wildman–Crippen MR) is 296 cm³/mol. The Morgan fingerprint density at radius 1 is 0.257 bits per heavy atom. The fourth-order valence-electron chi connectivity index (χ4n) is 11.9. The molecule has 0 saturated carbocycles. The molecule has 0 amide bonds. The lowest BCUT2D eigenvalue weighted by atomic mass is 9.62. The molecule has 2 aliphatic heterocycles. The first-order valence-corrected chi connectivity index (χ1v) is 26.3. The number of fused-ring (bicyclic) bond motifs is 4. The maximum absolute atomic E-state index is 2.71. The van der Waals surface area contributed by atoms with Gasteiger partial charge in [-0.1, -0.05) is 237 Å². The van der Waals surface area contributed by atoms with Crippen LogP contribution >= 0.6 is 0 Å². The normalized spacial score (nSPS) is 13.9. The summed E-state index contributed by atoms with van der Waals surface area (Å²) in [5.41, 5.74) is 16.2. The number of nitrogens with zero attached hydrogens (tertiary/aromatic N) is 2. The Hall–Kier alpha value is -8.76. The second kappa shape index (κ2) is 17.1. The van der Waals surface area contributed by atoms with E-state index in [2.05, 4.69) is 301 Å². The molecule has 0 atom stereocenters. The summed E-state index contributed by atoms with van der Waals surface area (Å²) in [4.78, 5) is 4.96. The van der Waals surface area contributed by atoms with Crippen molar-refractivity contribution in [1.82, 2.24) is 0 Å². The van der Waals surface area contributed by atoms with Gasteiger partial charge in [0.2, 0.25) is 0 Å². The zero-order chi connectivity index (χ0) is 46.5. The van der Waals surface area contributed by atoms with Crippen LogP contribution in [0.1, 0.15) is 22.3 Å². The molecular formula is C67H48N2Si. The van der Waals surface area contributed by atoms with Gasteiger partial charge in [-0.2, -0.15) is 0 Å². The Bertz CT molecular complexity index is 3260. The quantitative estimate of drug-likeness (QED) is 0.140. The average molecular weight is 909 g/mol. The average Bonchev–Trinajstić information content (AvgIpc) is 3.45. The van der Waals surface area contributed by atoms with Gasteiger partial charge in [0.15, 0.2) is 8.07 Å². The molecule has 330 valence electrons. The number of hydrogen-bond acceptors (Lipinski definition) is 2. The first-order valence-electron chi connectivity index (χ1n) is 24.3. The molecule has 3 heteroatoms. The number of rotatable bonds is 8. The molecule has 0 aliphatic carbocycles. The van der Waals surface area contributed by atoms with Gasteiger partial charge in [0.1, 0.15) is 0 Å². The van der Waals surface area contributed by atoms with Crippen LogP contribution in [0.3, 0.4) is 0 Å². The Balaban J connectivity index is 0.908. The second-order valence-electron chi connectivity index (χ2n) is 18.4. The smallest absolute Gasteiger partial charge is 0.184 e. The van der Waals surface area contributed by atoms with Crippen molar-refractivity contribution < 1.29 is 0 Å². The minimum Gasteiger partial charge on any atom is -0.311 e. The Morgan fingerprint density at radius 3 is 1.03 bits per heavy atom. The lowest BCUT2D eigenvalue weighted by molar-refractivity contribution is 0.731. The van der Waals surface area contributed by atoms with Gasteiger partial charge in [0.25, 0.3) is 0 Å². The van der Waals surface area contributed by atoms with E-state index in [1.165, 1.54) is 82.4 Å². The maximum Gasteiger partial charge on any atom is 0.184 e. The summed E-state index contributed by atoms with van der Waals surface area (Å²) in [5.74, 6) is 0. The fourth-order valence-corrected chi connectivity index (χ4v) is 17.0. The monoisotopic (exact) mass is 908 g/mol. The minimum atomic E-state index is -2.71. The molecule has 0 aromatic heterocycles. The molecule has 0 unspecified atom stereocenters. The van der Waals surface area contributed by atoms with Gasteiger partial charge >= 0.3 is 0 Å². The van der Waals surface area contributed by atoms with Crippen molar-refractivity contribution in [2.75, 3.05) is 9.80 Å². The number of anilines is 6. The van der Waals surface area contributed by atoms with Crippen LogP contribution in [0.15, 0.2) is 291 Å². The lowest BCUT2D eigenvalue weighted by Crippen LogP contribution is -2.77. The lowest BCUT2D eigenvalue weighted by Gasteiger charge is -2.46. The fraction of sp³-hybridized carbons (Fsp3) is 0.0149. The summed E-state index contributed by atoms with van der Waals surface area (Å²) in [5, 5.41) is 5.56. The summed E-state index contributed by atoms with van der Waals surface area (Å²) < 4.78 is 0. The van der Waals surface area contributed by atoms with Gasteiger partial charge in [-0.3, -0.25) is 0 Å². The molecule has 0 radical (unpaired) electrons. The SMILES string of the molecule is c1ccc(C2(c3ccccc3)c3ccccc3N(c3cccc(-c4cccc(-c5cccc(N6c7ccccc7[Si](c7ccccc7)(c7ccccc7)c7ccccc76)c5)c4)c3)c3ccccc32)cc1. The highest BCUT2D eigenvalue weighted by Gasteiger charge is 2.49. The standard InChI is InChI=1S/C67H48N2Si/c1-5-28-53(29-6-1)67(54-30-7-2-8-31-54)59-38-13-15-40-61(59)68(62-41-16-14-39-60(62)67)55-32-22-26-51(47-55)49-24-21-25-50(46-49)52-27-23-33-56(48-52)69-63-42-17-19-44-65(63)70(57-34-9-3-10-35-57,58-36-11-4-12-37-58)66-45-20-18-43-64(66)69/h1-48H. The molecular weight excluding hydrogens is 861 g/mol. The van der Waals surface area contributed by atoms with Crippen LogP contribution in [-0.4, -0.2) is 8.07 Å². The van der Waals surface area contributed by atoms with E-state index in [9.17, 15) is 0 Å².